The molecule has 10 nitrogen and oxygen atoms in total. The molecule has 0 saturated carbocycles. The molecule has 1 amide bonds. The first-order valence-electron chi connectivity index (χ1n) is 11.1. The van der Waals surface area contributed by atoms with Gasteiger partial charge in [-0.05, 0) is 28.3 Å². The van der Waals surface area contributed by atoms with E-state index in [0.29, 0.717) is 0 Å². The van der Waals surface area contributed by atoms with Gasteiger partial charge in [-0.15, -0.1) is 0 Å². The van der Waals surface area contributed by atoms with Crippen LogP contribution in [0.1, 0.15) is 19.4 Å². The van der Waals surface area contributed by atoms with E-state index < -0.39 is 55.4 Å². The molecule has 0 fully saturated rings. The van der Waals surface area contributed by atoms with Gasteiger partial charge in [0.1, 0.15) is 12.1 Å². The second-order valence-electron chi connectivity index (χ2n) is 8.54. The number of fused-ring (bicyclic) bond motifs is 1. The first-order chi connectivity index (χ1) is 17.0. The van der Waals surface area contributed by atoms with Gasteiger partial charge in [0.25, 0.3) is 5.69 Å². The number of amides is 1. The van der Waals surface area contributed by atoms with Gasteiger partial charge in [-0.1, -0.05) is 68.4 Å². The number of nitrogens with one attached hydrogen (secondary N) is 2. The monoisotopic (exact) mass is 513 g/mol. The molecular weight excluding hydrogens is 486 g/mol. The molecule has 0 spiro atoms. The number of nitrogens with zero attached hydrogens (tertiary/aromatic N) is 1. The summed E-state index contributed by atoms with van der Waals surface area (Å²) in [5, 5.41) is 15.9. The lowest BCUT2D eigenvalue weighted by atomic mass is 10.00. The molecule has 11 heteroatoms. The Bertz CT molecular complexity index is 1390. The highest BCUT2D eigenvalue weighted by molar-refractivity contribution is 7.89. The van der Waals surface area contributed by atoms with E-state index in [1.807, 2.05) is 42.5 Å². The number of carbonyl (C=O) groups is 2. The van der Waals surface area contributed by atoms with E-state index in [-0.39, 0.29) is 6.42 Å². The standard InChI is InChI=1S/C25H27N3O7S/c1-16(2)23(27-36(33,34)22-11-7-6-10-21(22)28(31)32)24(29)26-20(25(30)35-3)15-17-12-13-18-8-4-5-9-19(18)14-17/h4-14,16,20,23,27H,15H2,1-3H3,(H,26,29)/t20-,23-/m0/s1. The number of benzene rings is 3. The van der Waals surface area contributed by atoms with Crippen LogP contribution in [0.15, 0.2) is 71.6 Å². The lowest BCUT2D eigenvalue weighted by Gasteiger charge is -2.24. The van der Waals surface area contributed by atoms with Crippen molar-refractivity contribution in [3.05, 3.63) is 82.4 Å². The molecule has 0 aliphatic carbocycles. The third-order valence-corrected chi connectivity index (χ3v) is 7.13. The molecule has 0 bridgehead atoms. The molecular formula is C25H27N3O7S. The van der Waals surface area contributed by atoms with Gasteiger partial charge in [0.05, 0.1) is 12.0 Å². The van der Waals surface area contributed by atoms with E-state index >= 15 is 0 Å². The highest BCUT2D eigenvalue weighted by atomic mass is 32.2. The Labute approximate surface area is 208 Å². The fourth-order valence-electron chi connectivity index (χ4n) is 3.76. The zero-order valence-corrected chi connectivity index (χ0v) is 20.8. The molecule has 190 valence electrons. The molecule has 0 saturated heterocycles. The molecule has 0 heterocycles. The first-order valence-corrected chi connectivity index (χ1v) is 12.6. The van der Waals surface area contributed by atoms with Gasteiger partial charge in [0.2, 0.25) is 15.9 Å². The SMILES string of the molecule is COC(=O)[C@H](Cc1ccc2ccccc2c1)NC(=O)[C@@H](NS(=O)(=O)c1ccccc1[N+](=O)[O-])C(C)C. The molecule has 36 heavy (non-hydrogen) atoms. The van der Waals surface area contributed by atoms with Crippen molar-refractivity contribution in [2.24, 2.45) is 5.92 Å². The number of nitro groups is 1. The molecule has 0 aliphatic heterocycles. The number of rotatable bonds is 10. The number of esters is 1. The van der Waals surface area contributed by atoms with Crippen molar-refractivity contribution in [3.8, 4) is 0 Å². The second kappa shape index (κ2) is 11.3. The summed E-state index contributed by atoms with van der Waals surface area (Å²) in [7, 11) is -3.25. The number of sulfonamides is 1. The quantitative estimate of drug-likeness (QED) is 0.241. The van der Waals surface area contributed by atoms with Gasteiger partial charge in [-0.2, -0.15) is 4.72 Å². The maximum Gasteiger partial charge on any atom is 0.328 e. The first kappa shape index (κ1) is 26.8. The Morgan fingerprint density at radius 2 is 1.64 bits per heavy atom. The van der Waals surface area contributed by atoms with E-state index in [1.165, 1.54) is 19.2 Å². The van der Waals surface area contributed by atoms with Gasteiger partial charge in [-0.3, -0.25) is 14.9 Å². The summed E-state index contributed by atoms with van der Waals surface area (Å²) in [5.41, 5.74) is 0.155. The minimum atomic E-state index is -4.44. The Morgan fingerprint density at radius 3 is 2.28 bits per heavy atom. The van der Waals surface area contributed by atoms with Gasteiger partial charge in [-0.25, -0.2) is 13.2 Å². The molecule has 0 aromatic heterocycles. The third-order valence-electron chi connectivity index (χ3n) is 5.64. The van der Waals surface area contributed by atoms with Crippen LogP contribution in [0, 0.1) is 16.0 Å². The molecule has 0 unspecified atom stereocenters. The van der Waals surface area contributed by atoms with Crippen LogP contribution in [-0.4, -0.2) is 44.4 Å². The summed E-state index contributed by atoms with van der Waals surface area (Å²) in [6, 6.07) is 15.8. The van der Waals surface area contributed by atoms with Crippen LogP contribution in [-0.2, 0) is 30.8 Å². The summed E-state index contributed by atoms with van der Waals surface area (Å²) in [5.74, 6) is -1.99. The van der Waals surface area contributed by atoms with Crippen molar-refractivity contribution < 1.29 is 27.7 Å². The number of nitro benzene ring substituents is 1. The zero-order chi connectivity index (χ0) is 26.5. The van der Waals surface area contributed by atoms with E-state index in [1.54, 1.807) is 13.8 Å². The van der Waals surface area contributed by atoms with Crippen LogP contribution in [0.5, 0.6) is 0 Å². The predicted octanol–water partition coefficient (Wildman–Crippen LogP) is 2.95. The Hall–Kier alpha value is -3.83. The van der Waals surface area contributed by atoms with Crippen molar-refractivity contribution in [1.82, 2.24) is 10.0 Å². The average Bonchev–Trinajstić information content (AvgIpc) is 2.86. The molecule has 3 aromatic rings. The number of carbonyl (C=O) groups excluding carboxylic acids is 2. The highest BCUT2D eigenvalue weighted by Gasteiger charge is 2.34. The molecule has 0 aliphatic rings. The predicted molar refractivity (Wildman–Crippen MR) is 134 cm³/mol. The van der Waals surface area contributed by atoms with Crippen LogP contribution < -0.4 is 10.0 Å². The van der Waals surface area contributed by atoms with Crippen molar-refractivity contribution in [2.75, 3.05) is 7.11 Å². The summed E-state index contributed by atoms with van der Waals surface area (Å²) in [4.78, 5) is 35.6. The summed E-state index contributed by atoms with van der Waals surface area (Å²) >= 11 is 0. The number of para-hydroxylation sites is 1. The van der Waals surface area contributed by atoms with E-state index in [4.69, 9.17) is 4.74 Å². The molecule has 2 atom stereocenters. The zero-order valence-electron chi connectivity index (χ0n) is 20.0. The largest absolute Gasteiger partial charge is 0.467 e. The fraction of sp³-hybridized carbons (Fsp3) is 0.280. The van der Waals surface area contributed by atoms with E-state index in [0.717, 1.165) is 28.5 Å². The lowest BCUT2D eigenvalue weighted by Crippen LogP contribution is -2.54. The number of hydrogen-bond donors (Lipinski definition) is 2. The van der Waals surface area contributed by atoms with Gasteiger partial charge < -0.3 is 10.1 Å². The Morgan fingerprint density at radius 1 is 1.00 bits per heavy atom. The molecule has 2 N–H and O–H groups in total. The summed E-state index contributed by atoms with van der Waals surface area (Å²) in [6.45, 7) is 3.23. The van der Waals surface area contributed by atoms with Crippen LogP contribution in [0.3, 0.4) is 0 Å². The van der Waals surface area contributed by atoms with Gasteiger partial charge in [0.15, 0.2) is 4.90 Å². The Kier molecular flexibility index (Phi) is 8.38. The Balaban J connectivity index is 1.84. The van der Waals surface area contributed by atoms with Crippen molar-refractivity contribution >= 4 is 38.4 Å². The van der Waals surface area contributed by atoms with Crippen molar-refractivity contribution in [2.45, 2.75) is 37.2 Å². The van der Waals surface area contributed by atoms with Crippen LogP contribution in [0.25, 0.3) is 10.8 Å². The van der Waals surface area contributed by atoms with Crippen molar-refractivity contribution in [1.29, 1.82) is 0 Å². The van der Waals surface area contributed by atoms with Gasteiger partial charge in [0, 0.05) is 12.5 Å². The van der Waals surface area contributed by atoms with E-state index in [9.17, 15) is 28.1 Å². The number of hydrogen-bond acceptors (Lipinski definition) is 7. The van der Waals surface area contributed by atoms with Crippen molar-refractivity contribution in [3.63, 3.8) is 0 Å². The molecule has 0 radical (unpaired) electrons. The average molecular weight is 514 g/mol. The van der Waals surface area contributed by atoms with Crippen LogP contribution in [0.4, 0.5) is 5.69 Å². The maximum absolute atomic E-state index is 13.2. The minimum absolute atomic E-state index is 0.116. The molecule has 3 rings (SSSR count). The van der Waals surface area contributed by atoms with Crippen LogP contribution in [0.2, 0.25) is 0 Å². The summed E-state index contributed by atoms with van der Waals surface area (Å²) in [6.07, 6.45) is 0.116. The van der Waals surface area contributed by atoms with Crippen LogP contribution >= 0.6 is 0 Å². The lowest BCUT2D eigenvalue weighted by molar-refractivity contribution is -0.387. The topological polar surface area (TPSA) is 145 Å². The third kappa shape index (κ3) is 6.23. The smallest absolute Gasteiger partial charge is 0.328 e. The maximum atomic E-state index is 13.2. The fourth-order valence-corrected chi connectivity index (χ4v) is 5.27. The van der Waals surface area contributed by atoms with E-state index in [2.05, 4.69) is 10.0 Å². The number of ether oxygens (including phenoxy) is 1. The van der Waals surface area contributed by atoms with Gasteiger partial charge >= 0.3 is 5.97 Å². The minimum Gasteiger partial charge on any atom is -0.467 e. The summed E-state index contributed by atoms with van der Waals surface area (Å²) < 4.78 is 33.1. The number of methoxy groups -OCH3 is 1. The highest BCUT2D eigenvalue weighted by Crippen LogP contribution is 2.24. The second-order valence-corrected chi connectivity index (χ2v) is 10.2. The normalized spacial score (nSPS) is 13.2. The molecule has 3 aromatic carbocycles.